The maximum absolute atomic E-state index is 12.2. The number of para-hydroxylation sites is 1. The van der Waals surface area contributed by atoms with E-state index in [1.807, 2.05) is 41.8 Å². The van der Waals surface area contributed by atoms with Gasteiger partial charge in [0.05, 0.1) is 24.9 Å². The van der Waals surface area contributed by atoms with Crippen molar-refractivity contribution in [1.29, 1.82) is 0 Å². The predicted octanol–water partition coefficient (Wildman–Crippen LogP) is 3.80. The summed E-state index contributed by atoms with van der Waals surface area (Å²) in [5.74, 6) is -0.223. The normalized spacial score (nSPS) is 10.6. The van der Waals surface area contributed by atoms with Crippen molar-refractivity contribution in [2.24, 2.45) is 0 Å². The first kappa shape index (κ1) is 20.5. The molecule has 1 N–H and O–H groups in total. The number of halogens is 1. The van der Waals surface area contributed by atoms with E-state index in [2.05, 4.69) is 5.32 Å². The molecule has 29 heavy (non-hydrogen) atoms. The van der Waals surface area contributed by atoms with Crippen LogP contribution in [-0.2, 0) is 20.9 Å². The van der Waals surface area contributed by atoms with Crippen LogP contribution in [0, 0.1) is 6.92 Å². The van der Waals surface area contributed by atoms with Crippen LogP contribution in [0.3, 0.4) is 0 Å². The van der Waals surface area contributed by atoms with Gasteiger partial charge in [-0.2, -0.15) is 0 Å². The predicted molar refractivity (Wildman–Crippen MR) is 111 cm³/mol. The average molecular weight is 417 g/mol. The van der Waals surface area contributed by atoms with E-state index in [4.69, 9.17) is 25.8 Å². The quantitative estimate of drug-likeness (QED) is 0.592. The topological polar surface area (TPSA) is 78.8 Å². The SMILES string of the molecule is COc1cc(OC)c(NC(=O)COC(=O)Cn2c(C)cc3ccccc32)cc1Cl. The van der Waals surface area contributed by atoms with Crippen LogP contribution in [0.5, 0.6) is 11.5 Å². The molecule has 0 aliphatic heterocycles. The number of amides is 1. The zero-order valence-electron chi connectivity index (χ0n) is 16.3. The van der Waals surface area contributed by atoms with Crippen molar-refractivity contribution in [2.45, 2.75) is 13.5 Å². The fraction of sp³-hybridized carbons (Fsp3) is 0.238. The summed E-state index contributed by atoms with van der Waals surface area (Å²) in [5.41, 5.74) is 2.22. The van der Waals surface area contributed by atoms with Crippen LogP contribution in [0.1, 0.15) is 5.69 Å². The highest BCUT2D eigenvalue weighted by atomic mass is 35.5. The lowest BCUT2D eigenvalue weighted by Crippen LogP contribution is -2.23. The lowest BCUT2D eigenvalue weighted by molar-refractivity contribution is -0.147. The Bertz CT molecular complexity index is 1060. The Morgan fingerprint density at radius 2 is 1.79 bits per heavy atom. The molecule has 0 fully saturated rings. The highest BCUT2D eigenvalue weighted by Gasteiger charge is 2.15. The van der Waals surface area contributed by atoms with Gasteiger partial charge in [0.2, 0.25) is 0 Å². The number of fused-ring (bicyclic) bond motifs is 1. The van der Waals surface area contributed by atoms with Gasteiger partial charge >= 0.3 is 5.97 Å². The van der Waals surface area contributed by atoms with Gasteiger partial charge in [-0.15, -0.1) is 0 Å². The van der Waals surface area contributed by atoms with Crippen LogP contribution >= 0.6 is 11.6 Å². The van der Waals surface area contributed by atoms with Crippen LogP contribution < -0.4 is 14.8 Å². The molecule has 152 valence electrons. The van der Waals surface area contributed by atoms with Crippen LogP contribution in [0.2, 0.25) is 5.02 Å². The Kier molecular flexibility index (Phi) is 6.29. The third kappa shape index (κ3) is 4.63. The van der Waals surface area contributed by atoms with Gasteiger partial charge in [0.1, 0.15) is 18.0 Å². The molecule has 0 saturated heterocycles. The molecule has 1 aromatic heterocycles. The van der Waals surface area contributed by atoms with E-state index >= 15 is 0 Å². The number of carbonyl (C=O) groups is 2. The number of hydrogen-bond donors (Lipinski definition) is 1. The number of carbonyl (C=O) groups excluding carboxylic acids is 2. The lowest BCUT2D eigenvalue weighted by Gasteiger charge is -2.13. The van der Waals surface area contributed by atoms with Crippen LogP contribution in [0.4, 0.5) is 5.69 Å². The summed E-state index contributed by atoms with van der Waals surface area (Å²) >= 11 is 6.09. The second-order valence-electron chi connectivity index (χ2n) is 6.33. The number of hydrogen-bond acceptors (Lipinski definition) is 5. The molecule has 3 aromatic rings. The first-order valence-electron chi connectivity index (χ1n) is 8.84. The van der Waals surface area contributed by atoms with E-state index in [0.29, 0.717) is 22.2 Å². The number of benzene rings is 2. The first-order valence-corrected chi connectivity index (χ1v) is 9.22. The fourth-order valence-corrected chi connectivity index (χ4v) is 3.26. The van der Waals surface area contributed by atoms with Gasteiger partial charge < -0.3 is 24.1 Å². The highest BCUT2D eigenvalue weighted by molar-refractivity contribution is 6.32. The van der Waals surface area contributed by atoms with Crippen molar-refractivity contribution >= 4 is 40.1 Å². The molecular formula is C21H21ClN2O5. The van der Waals surface area contributed by atoms with Gasteiger partial charge in [0.25, 0.3) is 5.91 Å². The minimum absolute atomic E-state index is 0.0182. The van der Waals surface area contributed by atoms with Gasteiger partial charge in [-0.1, -0.05) is 29.8 Å². The summed E-state index contributed by atoms with van der Waals surface area (Å²) in [4.78, 5) is 24.4. The van der Waals surface area contributed by atoms with E-state index < -0.39 is 18.5 Å². The monoisotopic (exact) mass is 416 g/mol. The molecule has 1 heterocycles. The molecule has 0 bridgehead atoms. The molecule has 0 spiro atoms. The van der Waals surface area contributed by atoms with Crippen LogP contribution in [0.25, 0.3) is 10.9 Å². The van der Waals surface area contributed by atoms with Gasteiger partial charge in [0, 0.05) is 17.3 Å². The van der Waals surface area contributed by atoms with E-state index in [1.54, 1.807) is 6.07 Å². The Labute approximate surface area is 173 Å². The standard InChI is InChI=1S/C21H21ClN2O5/c1-13-8-14-6-4-5-7-17(14)24(13)11-21(26)29-12-20(25)23-16-9-15(22)18(27-2)10-19(16)28-3/h4-10H,11-12H2,1-3H3,(H,23,25). The second kappa shape index (κ2) is 8.87. The molecule has 0 radical (unpaired) electrons. The number of nitrogens with one attached hydrogen (secondary N) is 1. The van der Waals surface area contributed by atoms with Crippen molar-refractivity contribution in [1.82, 2.24) is 4.57 Å². The zero-order valence-corrected chi connectivity index (χ0v) is 17.1. The molecule has 1 amide bonds. The number of ether oxygens (including phenoxy) is 3. The van der Waals surface area contributed by atoms with Crippen molar-refractivity contribution in [2.75, 3.05) is 26.1 Å². The third-order valence-corrected chi connectivity index (χ3v) is 4.71. The lowest BCUT2D eigenvalue weighted by atomic mass is 10.2. The minimum atomic E-state index is -0.510. The molecule has 0 aliphatic carbocycles. The highest BCUT2D eigenvalue weighted by Crippen LogP contribution is 2.35. The first-order chi connectivity index (χ1) is 13.9. The van der Waals surface area contributed by atoms with Crippen molar-refractivity contribution in [3.8, 4) is 11.5 Å². The summed E-state index contributed by atoms with van der Waals surface area (Å²) in [7, 11) is 2.94. The van der Waals surface area contributed by atoms with E-state index in [1.165, 1.54) is 20.3 Å². The van der Waals surface area contributed by atoms with Crippen molar-refractivity contribution in [3.05, 3.63) is 53.2 Å². The van der Waals surface area contributed by atoms with Crippen LogP contribution in [0.15, 0.2) is 42.5 Å². The Morgan fingerprint density at radius 1 is 1.07 bits per heavy atom. The number of nitrogens with zero attached hydrogens (tertiary/aromatic N) is 1. The summed E-state index contributed by atoms with van der Waals surface area (Å²) < 4.78 is 17.3. The number of esters is 1. The Balaban J connectivity index is 1.61. The number of anilines is 1. The van der Waals surface area contributed by atoms with Gasteiger partial charge in [-0.3, -0.25) is 9.59 Å². The Hall–Kier alpha value is -3.19. The van der Waals surface area contributed by atoms with Gasteiger partial charge in [-0.05, 0) is 30.5 Å². The summed E-state index contributed by atoms with van der Waals surface area (Å²) in [5, 5.41) is 3.98. The van der Waals surface area contributed by atoms with E-state index in [-0.39, 0.29) is 6.54 Å². The summed E-state index contributed by atoms with van der Waals surface area (Å²) in [6.07, 6.45) is 0. The Morgan fingerprint density at radius 3 is 2.52 bits per heavy atom. The number of aromatic nitrogens is 1. The largest absolute Gasteiger partial charge is 0.495 e. The molecule has 0 aliphatic rings. The number of rotatable bonds is 7. The fourth-order valence-electron chi connectivity index (χ4n) is 3.02. The molecule has 0 atom stereocenters. The molecule has 8 heteroatoms. The van der Waals surface area contributed by atoms with Crippen LogP contribution in [-0.4, -0.2) is 37.3 Å². The minimum Gasteiger partial charge on any atom is -0.495 e. The van der Waals surface area contributed by atoms with E-state index in [9.17, 15) is 9.59 Å². The molecule has 2 aromatic carbocycles. The smallest absolute Gasteiger partial charge is 0.326 e. The molecule has 0 saturated carbocycles. The molecule has 0 unspecified atom stereocenters. The summed E-state index contributed by atoms with van der Waals surface area (Å²) in [6.45, 7) is 1.51. The second-order valence-corrected chi connectivity index (χ2v) is 6.73. The summed E-state index contributed by atoms with van der Waals surface area (Å²) in [6, 6.07) is 12.8. The van der Waals surface area contributed by atoms with Crippen molar-refractivity contribution in [3.63, 3.8) is 0 Å². The maximum Gasteiger partial charge on any atom is 0.326 e. The van der Waals surface area contributed by atoms with Gasteiger partial charge in [0.15, 0.2) is 6.61 Å². The van der Waals surface area contributed by atoms with Crippen molar-refractivity contribution < 1.29 is 23.8 Å². The molecule has 3 rings (SSSR count). The van der Waals surface area contributed by atoms with E-state index in [0.717, 1.165) is 16.6 Å². The molecular weight excluding hydrogens is 396 g/mol. The third-order valence-electron chi connectivity index (χ3n) is 4.42. The number of aryl methyl sites for hydroxylation is 1. The molecule has 7 nitrogen and oxygen atoms in total. The zero-order chi connectivity index (χ0) is 21.0. The number of methoxy groups -OCH3 is 2. The maximum atomic E-state index is 12.2. The van der Waals surface area contributed by atoms with Gasteiger partial charge in [-0.25, -0.2) is 0 Å². The average Bonchev–Trinajstić information content (AvgIpc) is 3.02.